The van der Waals surface area contributed by atoms with E-state index in [9.17, 15) is 14.4 Å². The molecule has 0 heterocycles. The van der Waals surface area contributed by atoms with E-state index in [1.165, 1.54) is 57.8 Å². The lowest BCUT2D eigenvalue weighted by Crippen LogP contribution is -2.30. The molecule has 0 aromatic rings. The van der Waals surface area contributed by atoms with Crippen molar-refractivity contribution in [2.75, 3.05) is 13.2 Å². The molecule has 0 radical (unpaired) electrons. The fraction of sp³-hybridized carbons (Fsp3) is 0.522. The first kappa shape index (κ1) is 69.5. The van der Waals surface area contributed by atoms with Gasteiger partial charge in [-0.05, 0) is 116 Å². The summed E-state index contributed by atoms with van der Waals surface area (Å²) in [6.07, 6.45) is 92.3. The van der Waals surface area contributed by atoms with Crippen LogP contribution in [-0.4, -0.2) is 37.2 Å². The van der Waals surface area contributed by atoms with E-state index in [1.807, 2.05) is 12.2 Å². The highest BCUT2D eigenvalue weighted by molar-refractivity contribution is 5.72. The standard InChI is InChI=1S/C69H104O6/c1-4-7-10-13-16-19-22-25-28-29-30-31-32-33-34-35-36-37-38-39-42-44-47-50-53-56-59-62-68(71)74-65-66(75-69(72)63-60-57-54-51-48-45-41-27-24-21-18-15-12-9-6-3)64-73-67(70)61-58-55-52-49-46-43-40-26-23-20-17-14-11-8-5-2/h7-12,16-21,25-28,30-31,33-34,40-41,46,48-49,51,55,57-58,60,66H,4-6,13-15,22-24,29,32,35-39,42-45,47,50,52-54,56,59,61-65H2,1-3H3/b10-7-,11-8-,12-9-,19-16-,20-17-,21-18-,28-25-,31-30-,34-33-,40-26-,41-27-,49-46-,51-48-,58-55-,60-57-. The molecule has 0 N–H and O–H groups in total. The van der Waals surface area contributed by atoms with Gasteiger partial charge in [-0.3, -0.25) is 14.4 Å². The highest BCUT2D eigenvalue weighted by Gasteiger charge is 2.19. The van der Waals surface area contributed by atoms with Gasteiger partial charge in [-0.2, -0.15) is 0 Å². The molecule has 6 heteroatoms. The van der Waals surface area contributed by atoms with Crippen molar-refractivity contribution >= 4 is 17.9 Å². The maximum absolute atomic E-state index is 12.8. The Morgan fingerprint density at radius 2 is 0.533 bits per heavy atom. The number of carbonyl (C=O) groups is 3. The molecular weight excluding hydrogens is 925 g/mol. The van der Waals surface area contributed by atoms with E-state index in [0.29, 0.717) is 19.3 Å². The first-order valence-corrected chi connectivity index (χ1v) is 29.3. The molecule has 6 nitrogen and oxygen atoms in total. The summed E-state index contributed by atoms with van der Waals surface area (Å²) in [6.45, 7) is 6.10. The zero-order valence-electron chi connectivity index (χ0n) is 47.5. The first-order valence-electron chi connectivity index (χ1n) is 29.3. The minimum absolute atomic E-state index is 0.0678. The fourth-order valence-corrected chi connectivity index (χ4v) is 7.20. The van der Waals surface area contributed by atoms with E-state index in [1.54, 1.807) is 12.2 Å². The lowest BCUT2D eigenvalue weighted by atomic mass is 10.0. The minimum Gasteiger partial charge on any atom is -0.462 e. The third kappa shape index (κ3) is 59.3. The Morgan fingerprint density at radius 1 is 0.280 bits per heavy atom. The van der Waals surface area contributed by atoms with Crippen LogP contribution in [0.2, 0.25) is 0 Å². The minimum atomic E-state index is -0.884. The van der Waals surface area contributed by atoms with E-state index >= 15 is 0 Å². The van der Waals surface area contributed by atoms with Crippen LogP contribution in [0.4, 0.5) is 0 Å². The molecule has 0 aliphatic rings. The molecule has 0 saturated heterocycles. The summed E-state index contributed by atoms with van der Waals surface area (Å²) in [4.78, 5) is 38.0. The number of hydrogen-bond acceptors (Lipinski definition) is 6. The Bertz CT molecular complexity index is 1800. The maximum atomic E-state index is 12.8. The Labute approximate surface area is 459 Å². The van der Waals surface area contributed by atoms with Crippen LogP contribution in [0.1, 0.15) is 213 Å². The van der Waals surface area contributed by atoms with Gasteiger partial charge in [0.05, 0.1) is 12.8 Å². The second-order valence-corrected chi connectivity index (χ2v) is 18.4. The summed E-state index contributed by atoms with van der Waals surface area (Å²) < 4.78 is 16.6. The molecule has 0 fully saturated rings. The SMILES string of the molecule is CC/C=C\C/C=C\C/C=C\C/C=C\C/C=C\CCCCCCCCCCCCCC(=O)OCC(COC(=O)C/C=C\C/C=C\C/C=C\C/C=C\C/C=C\CC)OC(=O)C/C=C\C/C=C\C/C=C\C/C=C\C/C=C\CC. The summed E-state index contributed by atoms with van der Waals surface area (Å²) in [6, 6.07) is 0. The van der Waals surface area contributed by atoms with Gasteiger partial charge in [-0.1, -0.05) is 261 Å². The van der Waals surface area contributed by atoms with Gasteiger partial charge in [0.2, 0.25) is 0 Å². The van der Waals surface area contributed by atoms with Crippen molar-refractivity contribution in [2.24, 2.45) is 0 Å². The summed E-state index contributed by atoms with van der Waals surface area (Å²) in [5, 5.41) is 0. The molecule has 1 atom stereocenters. The number of carbonyl (C=O) groups excluding carboxylic acids is 3. The van der Waals surface area contributed by atoms with Crippen molar-refractivity contribution in [3.8, 4) is 0 Å². The number of allylic oxidation sites excluding steroid dienone is 28. The molecule has 0 amide bonds. The molecule has 416 valence electrons. The van der Waals surface area contributed by atoms with E-state index in [2.05, 4.69) is 179 Å². The molecule has 0 aliphatic heterocycles. The topological polar surface area (TPSA) is 78.9 Å². The molecule has 0 spiro atoms. The molecule has 0 aromatic carbocycles. The summed E-state index contributed by atoms with van der Waals surface area (Å²) in [5.41, 5.74) is 0. The first-order chi connectivity index (χ1) is 37.0. The number of esters is 3. The smallest absolute Gasteiger partial charge is 0.310 e. The van der Waals surface area contributed by atoms with Crippen LogP contribution < -0.4 is 0 Å². The van der Waals surface area contributed by atoms with Gasteiger partial charge < -0.3 is 14.2 Å². The third-order valence-corrected chi connectivity index (χ3v) is 11.5. The van der Waals surface area contributed by atoms with Crippen LogP contribution in [0.15, 0.2) is 182 Å². The van der Waals surface area contributed by atoms with Crippen molar-refractivity contribution in [3.63, 3.8) is 0 Å². The van der Waals surface area contributed by atoms with Crippen molar-refractivity contribution in [1.82, 2.24) is 0 Å². The fourth-order valence-electron chi connectivity index (χ4n) is 7.20. The van der Waals surface area contributed by atoms with Crippen LogP contribution in [0.3, 0.4) is 0 Å². The molecule has 0 bridgehead atoms. The predicted octanol–water partition coefficient (Wildman–Crippen LogP) is 20.1. The Morgan fingerprint density at radius 3 is 0.867 bits per heavy atom. The quantitative estimate of drug-likeness (QED) is 0.0261. The van der Waals surface area contributed by atoms with Gasteiger partial charge in [-0.25, -0.2) is 0 Å². The van der Waals surface area contributed by atoms with Crippen molar-refractivity contribution in [3.05, 3.63) is 182 Å². The molecule has 0 rings (SSSR count). The monoisotopic (exact) mass is 1030 g/mol. The van der Waals surface area contributed by atoms with Gasteiger partial charge in [0.1, 0.15) is 13.2 Å². The number of rotatable bonds is 50. The highest BCUT2D eigenvalue weighted by Crippen LogP contribution is 2.14. The van der Waals surface area contributed by atoms with Crippen LogP contribution >= 0.6 is 0 Å². The van der Waals surface area contributed by atoms with Gasteiger partial charge in [0, 0.05) is 6.42 Å². The van der Waals surface area contributed by atoms with Crippen LogP contribution in [-0.2, 0) is 28.6 Å². The van der Waals surface area contributed by atoms with Crippen LogP contribution in [0.5, 0.6) is 0 Å². The second-order valence-electron chi connectivity index (χ2n) is 18.4. The van der Waals surface area contributed by atoms with Crippen LogP contribution in [0, 0.1) is 0 Å². The lowest BCUT2D eigenvalue weighted by Gasteiger charge is -2.17. The number of unbranched alkanes of at least 4 members (excludes halogenated alkanes) is 11. The Kier molecular flexibility index (Phi) is 56.6. The van der Waals surface area contributed by atoms with E-state index in [-0.39, 0.29) is 32.0 Å². The molecular formula is C69H104O6. The molecule has 0 saturated carbocycles. The molecule has 0 aromatic heterocycles. The van der Waals surface area contributed by atoms with Crippen molar-refractivity contribution in [2.45, 2.75) is 219 Å². The van der Waals surface area contributed by atoms with Gasteiger partial charge >= 0.3 is 17.9 Å². The zero-order chi connectivity index (χ0) is 54.3. The van der Waals surface area contributed by atoms with E-state index in [0.717, 1.165) is 103 Å². The Hall–Kier alpha value is -5.49. The summed E-state index contributed by atoms with van der Waals surface area (Å²) in [7, 11) is 0. The Balaban J connectivity index is 4.49. The van der Waals surface area contributed by atoms with E-state index in [4.69, 9.17) is 14.2 Å². The maximum Gasteiger partial charge on any atom is 0.310 e. The second kappa shape index (κ2) is 61.1. The molecule has 0 aliphatic carbocycles. The third-order valence-electron chi connectivity index (χ3n) is 11.5. The van der Waals surface area contributed by atoms with Crippen LogP contribution in [0.25, 0.3) is 0 Å². The normalized spacial score (nSPS) is 13.5. The number of hydrogen-bond donors (Lipinski definition) is 0. The average Bonchev–Trinajstić information content (AvgIpc) is 3.41. The summed E-state index contributed by atoms with van der Waals surface area (Å²) in [5.74, 6) is -1.24. The predicted molar refractivity (Wildman–Crippen MR) is 324 cm³/mol. The average molecular weight is 1030 g/mol. The van der Waals surface area contributed by atoms with Crippen molar-refractivity contribution in [1.29, 1.82) is 0 Å². The molecule has 1 unspecified atom stereocenters. The number of ether oxygens (including phenoxy) is 3. The van der Waals surface area contributed by atoms with E-state index < -0.39 is 18.0 Å². The van der Waals surface area contributed by atoms with Crippen molar-refractivity contribution < 1.29 is 28.6 Å². The lowest BCUT2D eigenvalue weighted by molar-refractivity contribution is -0.166. The zero-order valence-corrected chi connectivity index (χ0v) is 47.5. The largest absolute Gasteiger partial charge is 0.462 e. The van der Waals surface area contributed by atoms with Gasteiger partial charge in [0.15, 0.2) is 6.10 Å². The highest BCUT2D eigenvalue weighted by atomic mass is 16.6. The van der Waals surface area contributed by atoms with Gasteiger partial charge in [-0.15, -0.1) is 0 Å². The summed E-state index contributed by atoms with van der Waals surface area (Å²) >= 11 is 0. The van der Waals surface area contributed by atoms with Gasteiger partial charge in [0.25, 0.3) is 0 Å². The molecule has 75 heavy (non-hydrogen) atoms.